The van der Waals surface area contributed by atoms with Crippen molar-refractivity contribution in [2.75, 3.05) is 32.8 Å². The van der Waals surface area contributed by atoms with Crippen LogP contribution in [0.1, 0.15) is 36.4 Å². The molecular weight excluding hydrogens is 494 g/mol. The van der Waals surface area contributed by atoms with E-state index < -0.39 is 45.6 Å². The number of carbonyl (C=O) groups is 3. The summed E-state index contributed by atoms with van der Waals surface area (Å²) in [6, 6.07) is 8.55. The standard InChI is InChI=1S/C25H27ClF2N4O4/c26-18-5-3-17(4-6-18)25(22(29)33)8-11-31(12-9-25)10-1-13-32(23(30)34)21(15-36-24(32)35)16-2-7-19(27)20(28)14-16/h2-7,14,21H,1,8-13,15H2,(H3-,29,30,33,34)/p+1. The number of nitrogens with two attached hydrogens (primary N) is 2. The van der Waals surface area contributed by atoms with E-state index in [1.165, 1.54) is 6.07 Å². The van der Waals surface area contributed by atoms with Gasteiger partial charge in [0.2, 0.25) is 5.91 Å². The highest BCUT2D eigenvalue weighted by Gasteiger charge is 2.58. The van der Waals surface area contributed by atoms with Crippen molar-refractivity contribution < 1.29 is 32.4 Å². The maximum Gasteiger partial charge on any atom is 0.526 e. The van der Waals surface area contributed by atoms with Crippen LogP contribution in [0.25, 0.3) is 0 Å². The fourth-order valence-electron chi connectivity index (χ4n) is 5.34. The zero-order chi connectivity index (χ0) is 26.1. The Labute approximate surface area is 212 Å². The molecule has 2 aromatic carbocycles. The number of urea groups is 1. The number of ether oxygens (including phenoxy) is 1. The quantitative estimate of drug-likeness (QED) is 0.540. The zero-order valence-electron chi connectivity index (χ0n) is 19.6. The second-order valence-corrected chi connectivity index (χ2v) is 9.78. The number of cyclic esters (lactones) is 1. The highest BCUT2D eigenvalue weighted by molar-refractivity contribution is 6.30. The first-order chi connectivity index (χ1) is 17.1. The largest absolute Gasteiger partial charge is 0.526 e. The first-order valence-corrected chi connectivity index (χ1v) is 12.1. The molecule has 2 aliphatic heterocycles. The van der Waals surface area contributed by atoms with Crippen LogP contribution in [0.3, 0.4) is 0 Å². The molecule has 0 saturated carbocycles. The van der Waals surface area contributed by atoms with Crippen LogP contribution in [0, 0.1) is 11.6 Å². The maximum atomic E-state index is 13.9. The van der Waals surface area contributed by atoms with Crippen LogP contribution in [0.2, 0.25) is 5.02 Å². The van der Waals surface area contributed by atoms with E-state index in [1.807, 2.05) is 12.1 Å². The minimum Gasteiger partial charge on any atom is -0.413 e. The molecule has 0 aromatic heterocycles. The van der Waals surface area contributed by atoms with Gasteiger partial charge in [-0.25, -0.2) is 13.6 Å². The number of nitrogens with zero attached hydrogens (tertiary/aromatic N) is 2. The van der Waals surface area contributed by atoms with Crippen molar-refractivity contribution in [2.45, 2.75) is 30.7 Å². The summed E-state index contributed by atoms with van der Waals surface area (Å²) in [7, 11) is 0. The number of quaternary nitrogens is 1. The van der Waals surface area contributed by atoms with Gasteiger partial charge in [0.05, 0.1) is 5.41 Å². The Morgan fingerprint density at radius 2 is 1.75 bits per heavy atom. The van der Waals surface area contributed by atoms with Crippen molar-refractivity contribution in [1.29, 1.82) is 0 Å². The van der Waals surface area contributed by atoms with Crippen molar-refractivity contribution in [2.24, 2.45) is 11.5 Å². The van der Waals surface area contributed by atoms with Crippen molar-refractivity contribution in [3.63, 3.8) is 0 Å². The lowest BCUT2D eigenvalue weighted by atomic mass is 9.72. The van der Waals surface area contributed by atoms with Crippen molar-refractivity contribution in [3.05, 3.63) is 70.2 Å². The minimum atomic E-state index is -1.08. The molecule has 2 aromatic rings. The molecule has 4 amide bonds. The minimum absolute atomic E-state index is 0.0342. The number of piperidine rings is 1. The van der Waals surface area contributed by atoms with E-state index in [4.69, 9.17) is 27.8 Å². The van der Waals surface area contributed by atoms with Crippen LogP contribution >= 0.6 is 11.6 Å². The molecule has 2 saturated heterocycles. The van der Waals surface area contributed by atoms with Gasteiger partial charge in [-0.15, -0.1) is 4.48 Å². The molecule has 2 atom stereocenters. The maximum absolute atomic E-state index is 13.9. The number of halogens is 3. The van der Waals surface area contributed by atoms with E-state index >= 15 is 0 Å². The molecule has 2 heterocycles. The molecule has 8 nitrogen and oxygen atoms in total. The molecule has 0 aliphatic carbocycles. The van der Waals surface area contributed by atoms with Crippen molar-refractivity contribution in [1.82, 2.24) is 4.90 Å². The number of likely N-dealkylation sites (tertiary alicyclic amines) is 1. The van der Waals surface area contributed by atoms with Gasteiger partial charge in [-0.3, -0.25) is 4.79 Å². The fourth-order valence-corrected chi connectivity index (χ4v) is 5.47. The van der Waals surface area contributed by atoms with Crippen LogP contribution in [-0.2, 0) is 14.9 Å². The Morgan fingerprint density at radius 3 is 2.33 bits per heavy atom. The molecule has 4 rings (SSSR count). The summed E-state index contributed by atoms with van der Waals surface area (Å²) in [5.41, 5.74) is 11.8. The van der Waals surface area contributed by atoms with Crippen molar-refractivity contribution in [3.8, 4) is 0 Å². The predicted octanol–water partition coefficient (Wildman–Crippen LogP) is 3.61. The number of hydrogen-bond donors (Lipinski definition) is 2. The summed E-state index contributed by atoms with van der Waals surface area (Å²) < 4.78 is 31.7. The van der Waals surface area contributed by atoms with Gasteiger partial charge in [-0.2, -0.15) is 4.79 Å². The Morgan fingerprint density at radius 1 is 1.08 bits per heavy atom. The Hall–Kier alpha value is -3.08. The van der Waals surface area contributed by atoms with Crippen LogP contribution in [0.5, 0.6) is 0 Å². The lowest BCUT2D eigenvalue weighted by Crippen LogP contribution is -2.58. The number of amides is 4. The molecule has 36 heavy (non-hydrogen) atoms. The number of benzene rings is 2. The first-order valence-electron chi connectivity index (χ1n) is 11.7. The third-order valence-electron chi connectivity index (χ3n) is 7.51. The first kappa shape index (κ1) is 26.0. The lowest BCUT2D eigenvalue weighted by Gasteiger charge is -2.40. The highest BCUT2D eigenvalue weighted by atomic mass is 35.5. The monoisotopic (exact) mass is 521 g/mol. The molecule has 0 bridgehead atoms. The average molecular weight is 522 g/mol. The van der Waals surface area contributed by atoms with E-state index in [9.17, 15) is 23.2 Å². The summed E-state index contributed by atoms with van der Waals surface area (Å²) in [5.74, 6) is -2.50. The summed E-state index contributed by atoms with van der Waals surface area (Å²) in [4.78, 5) is 39.8. The molecule has 2 aliphatic rings. The summed E-state index contributed by atoms with van der Waals surface area (Å²) in [6.07, 6.45) is 0.618. The lowest BCUT2D eigenvalue weighted by molar-refractivity contribution is -0.792. The van der Waals surface area contributed by atoms with E-state index in [0.717, 1.165) is 17.7 Å². The number of primary amides is 2. The van der Waals surface area contributed by atoms with Crippen LogP contribution in [0.15, 0.2) is 42.5 Å². The molecule has 4 N–H and O–H groups in total. The molecular formula is C25H28ClF2N4O4+. The fraction of sp³-hybridized carbons (Fsp3) is 0.400. The van der Waals surface area contributed by atoms with Gasteiger partial charge in [0.15, 0.2) is 24.3 Å². The summed E-state index contributed by atoms with van der Waals surface area (Å²) in [5, 5.41) is 0.574. The van der Waals surface area contributed by atoms with Crippen LogP contribution in [0.4, 0.5) is 18.4 Å². The summed E-state index contributed by atoms with van der Waals surface area (Å²) >= 11 is 5.99. The molecule has 0 spiro atoms. The molecule has 11 heteroatoms. The number of carbonyl (C=O) groups excluding carboxylic acids is 3. The highest BCUT2D eigenvalue weighted by Crippen LogP contribution is 2.38. The van der Waals surface area contributed by atoms with E-state index in [0.29, 0.717) is 43.9 Å². The van der Waals surface area contributed by atoms with Gasteiger partial charge in [0.25, 0.3) is 0 Å². The van der Waals surface area contributed by atoms with Gasteiger partial charge in [0, 0.05) is 23.6 Å². The summed E-state index contributed by atoms with van der Waals surface area (Å²) in [6.45, 7) is 1.56. The third-order valence-corrected chi connectivity index (χ3v) is 7.76. The second-order valence-electron chi connectivity index (χ2n) is 9.35. The number of imide groups is 1. The predicted molar refractivity (Wildman–Crippen MR) is 128 cm³/mol. The van der Waals surface area contributed by atoms with Gasteiger partial charge >= 0.3 is 12.1 Å². The average Bonchev–Trinajstić information content (AvgIpc) is 3.19. The molecule has 0 radical (unpaired) electrons. The SMILES string of the molecule is NC(=O)C1(c2ccc(Cl)cc2)CCN(CCC[N+]2(C(N)=O)C(=O)OCC2c2ccc(F)c(F)c2)CC1. The van der Waals surface area contributed by atoms with Gasteiger partial charge in [-0.05, 0) is 61.8 Å². The number of rotatable bonds is 7. The van der Waals surface area contributed by atoms with Gasteiger partial charge in [-0.1, -0.05) is 23.7 Å². The Kier molecular flexibility index (Phi) is 7.31. The van der Waals surface area contributed by atoms with Crippen LogP contribution in [-0.4, -0.2) is 60.2 Å². The molecule has 192 valence electrons. The Balaban J connectivity index is 1.44. The van der Waals surface area contributed by atoms with E-state index in [1.54, 1.807) is 12.1 Å². The Bertz CT molecular complexity index is 1170. The second kappa shape index (κ2) is 10.1. The zero-order valence-corrected chi connectivity index (χ0v) is 20.3. The van der Waals surface area contributed by atoms with Gasteiger partial charge < -0.3 is 21.1 Å². The van der Waals surface area contributed by atoms with Gasteiger partial charge in [0.1, 0.15) is 6.54 Å². The van der Waals surface area contributed by atoms with E-state index in [-0.39, 0.29) is 18.7 Å². The normalized spacial score (nSPS) is 23.9. The van der Waals surface area contributed by atoms with Crippen molar-refractivity contribution >= 4 is 29.6 Å². The topological polar surface area (TPSA) is 116 Å². The smallest absolute Gasteiger partial charge is 0.413 e. The van der Waals surface area contributed by atoms with E-state index in [2.05, 4.69) is 4.90 Å². The third kappa shape index (κ3) is 4.56. The number of hydrogen-bond acceptors (Lipinski definition) is 5. The molecule has 2 fully saturated rings. The van der Waals surface area contributed by atoms with Crippen LogP contribution < -0.4 is 11.5 Å². The molecule has 2 unspecified atom stereocenters.